The molecule has 178 valence electrons. The second kappa shape index (κ2) is 10.6. The molecule has 7 heteroatoms. The first-order chi connectivity index (χ1) is 15.9. The minimum absolute atomic E-state index is 0.0815. The van der Waals surface area contributed by atoms with Gasteiger partial charge in [0.05, 0.1) is 16.7 Å². The number of rotatable bonds is 8. The number of benzene rings is 2. The molecule has 2 bridgehead atoms. The Morgan fingerprint density at radius 3 is 2.42 bits per heavy atom. The van der Waals surface area contributed by atoms with Crippen molar-refractivity contribution in [1.29, 1.82) is 0 Å². The molecule has 0 radical (unpaired) electrons. The summed E-state index contributed by atoms with van der Waals surface area (Å²) in [7, 11) is 1.68. The summed E-state index contributed by atoms with van der Waals surface area (Å²) in [5.74, 6) is 0.849. The fourth-order valence-electron chi connectivity index (χ4n) is 5.17. The number of fused-ring (bicyclic) bond motifs is 2. The van der Waals surface area contributed by atoms with Gasteiger partial charge in [-0.05, 0) is 80.5 Å². The highest BCUT2D eigenvalue weighted by molar-refractivity contribution is 6.42. The Kier molecular flexibility index (Phi) is 7.85. The summed E-state index contributed by atoms with van der Waals surface area (Å²) in [6, 6.07) is 10.5. The maximum atomic E-state index is 12.7. The summed E-state index contributed by atoms with van der Waals surface area (Å²) < 4.78 is 11.0. The van der Waals surface area contributed by atoms with Crippen molar-refractivity contribution in [2.75, 3.05) is 20.3 Å². The molecule has 4 rings (SSSR count). The third-order valence-electron chi connectivity index (χ3n) is 7.15. The van der Waals surface area contributed by atoms with Crippen LogP contribution in [-0.2, 0) is 11.3 Å². The molecular formula is C26H32Cl2N2O3. The van der Waals surface area contributed by atoms with E-state index in [1.165, 1.54) is 29.5 Å². The highest BCUT2D eigenvalue weighted by Crippen LogP contribution is 2.38. The topological polar surface area (TPSA) is 50.8 Å². The van der Waals surface area contributed by atoms with E-state index < -0.39 is 0 Å². The molecule has 2 atom stereocenters. The molecule has 2 aliphatic heterocycles. The van der Waals surface area contributed by atoms with Crippen molar-refractivity contribution >= 4 is 29.1 Å². The summed E-state index contributed by atoms with van der Waals surface area (Å²) in [5, 5.41) is 4.09. The van der Waals surface area contributed by atoms with Crippen LogP contribution in [0.25, 0.3) is 0 Å². The van der Waals surface area contributed by atoms with Crippen LogP contribution < -0.4 is 10.1 Å². The van der Waals surface area contributed by atoms with E-state index in [1.54, 1.807) is 25.3 Å². The number of methoxy groups -OCH3 is 1. The number of carbonyl (C=O) groups excluding carboxylic acids is 1. The SMILES string of the molecule is COCCOc1ccc(CN2C3CCC2CC(NC(=O)c2ccc(Cl)c(Cl)c2)C3)c(C)c1C. The molecule has 0 aliphatic carbocycles. The van der Waals surface area contributed by atoms with E-state index in [0.717, 1.165) is 25.1 Å². The van der Waals surface area contributed by atoms with Crippen molar-refractivity contribution in [3.63, 3.8) is 0 Å². The lowest BCUT2D eigenvalue weighted by atomic mass is 9.94. The van der Waals surface area contributed by atoms with Crippen LogP contribution in [0, 0.1) is 13.8 Å². The summed E-state index contributed by atoms with van der Waals surface area (Å²) >= 11 is 12.1. The number of piperidine rings is 1. The van der Waals surface area contributed by atoms with E-state index in [2.05, 4.69) is 36.2 Å². The number of amides is 1. The Hall–Kier alpha value is -1.79. The zero-order chi connectivity index (χ0) is 23.5. The number of carbonyl (C=O) groups is 1. The molecule has 2 fully saturated rings. The van der Waals surface area contributed by atoms with E-state index in [1.807, 2.05) is 0 Å². The van der Waals surface area contributed by atoms with Gasteiger partial charge in [0.15, 0.2) is 0 Å². The fourth-order valence-corrected chi connectivity index (χ4v) is 5.47. The van der Waals surface area contributed by atoms with Gasteiger partial charge in [-0.2, -0.15) is 0 Å². The van der Waals surface area contributed by atoms with Crippen molar-refractivity contribution < 1.29 is 14.3 Å². The summed E-state index contributed by atoms with van der Waals surface area (Å²) in [6.07, 6.45) is 4.31. The fraction of sp³-hybridized carbons (Fsp3) is 0.500. The van der Waals surface area contributed by atoms with Crippen molar-refractivity contribution in [1.82, 2.24) is 10.2 Å². The number of nitrogens with zero attached hydrogens (tertiary/aromatic N) is 1. The molecule has 2 aliphatic rings. The van der Waals surface area contributed by atoms with Crippen LogP contribution in [0.5, 0.6) is 5.75 Å². The van der Waals surface area contributed by atoms with Gasteiger partial charge >= 0.3 is 0 Å². The van der Waals surface area contributed by atoms with Crippen molar-refractivity contribution in [2.45, 2.75) is 64.2 Å². The standard InChI is InChI=1S/C26H32Cl2N2O3/c1-16-17(2)25(33-11-10-32-3)9-5-19(16)15-30-21-6-7-22(30)14-20(13-21)29-26(31)18-4-8-23(27)24(28)12-18/h4-5,8-9,12,20-22H,6-7,10-11,13-15H2,1-3H3,(H,29,31). The summed E-state index contributed by atoms with van der Waals surface area (Å²) in [6.45, 7) is 6.38. The highest BCUT2D eigenvalue weighted by Gasteiger charge is 2.41. The number of hydrogen-bond acceptors (Lipinski definition) is 4. The van der Waals surface area contributed by atoms with Crippen LogP contribution in [0.15, 0.2) is 30.3 Å². The Morgan fingerprint density at radius 1 is 1.03 bits per heavy atom. The van der Waals surface area contributed by atoms with Crippen LogP contribution >= 0.6 is 23.2 Å². The highest BCUT2D eigenvalue weighted by atomic mass is 35.5. The first-order valence-corrected chi connectivity index (χ1v) is 12.4. The molecule has 2 saturated heterocycles. The van der Waals surface area contributed by atoms with Crippen LogP contribution in [0.4, 0.5) is 0 Å². The average molecular weight is 491 g/mol. The molecule has 1 amide bonds. The van der Waals surface area contributed by atoms with Gasteiger partial charge in [0.25, 0.3) is 5.91 Å². The number of nitrogens with one attached hydrogen (secondary N) is 1. The zero-order valence-corrected chi connectivity index (χ0v) is 21.0. The van der Waals surface area contributed by atoms with E-state index in [0.29, 0.717) is 40.9 Å². The second-order valence-corrected chi connectivity index (χ2v) is 9.96. The average Bonchev–Trinajstić information content (AvgIpc) is 3.02. The summed E-state index contributed by atoms with van der Waals surface area (Å²) in [5.41, 5.74) is 4.39. The first kappa shape index (κ1) is 24.3. The van der Waals surface area contributed by atoms with Gasteiger partial charge in [-0.1, -0.05) is 29.3 Å². The van der Waals surface area contributed by atoms with Gasteiger partial charge in [0.1, 0.15) is 12.4 Å². The van der Waals surface area contributed by atoms with Gasteiger partial charge in [-0.25, -0.2) is 0 Å². The molecule has 0 saturated carbocycles. The molecule has 1 N–H and O–H groups in total. The van der Waals surface area contributed by atoms with E-state index in [9.17, 15) is 4.79 Å². The molecule has 2 aromatic carbocycles. The molecule has 33 heavy (non-hydrogen) atoms. The van der Waals surface area contributed by atoms with E-state index in [4.69, 9.17) is 32.7 Å². The maximum absolute atomic E-state index is 12.7. The third-order valence-corrected chi connectivity index (χ3v) is 7.89. The molecule has 0 aromatic heterocycles. The van der Waals surface area contributed by atoms with E-state index in [-0.39, 0.29) is 11.9 Å². The maximum Gasteiger partial charge on any atom is 0.251 e. The molecule has 0 spiro atoms. The Labute approximate surface area is 206 Å². The number of halogens is 2. The van der Waals surface area contributed by atoms with E-state index >= 15 is 0 Å². The molecule has 5 nitrogen and oxygen atoms in total. The smallest absolute Gasteiger partial charge is 0.251 e. The summed E-state index contributed by atoms with van der Waals surface area (Å²) in [4.78, 5) is 15.4. The quantitative estimate of drug-likeness (QED) is 0.492. The predicted molar refractivity (Wildman–Crippen MR) is 133 cm³/mol. The van der Waals surface area contributed by atoms with Gasteiger partial charge in [0.2, 0.25) is 0 Å². The minimum atomic E-state index is -0.0815. The van der Waals surface area contributed by atoms with Crippen LogP contribution in [0.2, 0.25) is 10.0 Å². The van der Waals surface area contributed by atoms with Gasteiger partial charge in [-0.15, -0.1) is 0 Å². The number of ether oxygens (including phenoxy) is 2. The third kappa shape index (κ3) is 5.48. The van der Waals surface area contributed by atoms with Crippen LogP contribution in [0.1, 0.15) is 52.7 Å². The van der Waals surface area contributed by atoms with Crippen LogP contribution in [0.3, 0.4) is 0 Å². The Bertz CT molecular complexity index is 999. The van der Waals surface area contributed by atoms with Gasteiger partial charge in [0, 0.05) is 37.3 Å². The second-order valence-electron chi connectivity index (χ2n) is 9.14. The van der Waals surface area contributed by atoms with Crippen molar-refractivity contribution in [3.8, 4) is 5.75 Å². The van der Waals surface area contributed by atoms with Gasteiger partial charge < -0.3 is 14.8 Å². The molecule has 2 unspecified atom stereocenters. The largest absolute Gasteiger partial charge is 0.491 e. The van der Waals surface area contributed by atoms with Crippen molar-refractivity contribution in [3.05, 3.63) is 62.6 Å². The van der Waals surface area contributed by atoms with Crippen molar-refractivity contribution in [2.24, 2.45) is 0 Å². The lowest BCUT2D eigenvalue weighted by Gasteiger charge is -2.39. The lowest BCUT2D eigenvalue weighted by molar-refractivity contribution is 0.0827. The monoisotopic (exact) mass is 490 g/mol. The lowest BCUT2D eigenvalue weighted by Crippen LogP contribution is -2.50. The predicted octanol–water partition coefficient (Wildman–Crippen LogP) is 5.56. The normalized spacial score (nSPS) is 22.4. The molecule has 2 aromatic rings. The Morgan fingerprint density at radius 2 is 1.76 bits per heavy atom. The Balaban J connectivity index is 1.38. The number of hydrogen-bond donors (Lipinski definition) is 1. The minimum Gasteiger partial charge on any atom is -0.491 e. The molecular weight excluding hydrogens is 459 g/mol. The first-order valence-electron chi connectivity index (χ1n) is 11.6. The zero-order valence-electron chi connectivity index (χ0n) is 19.5. The van der Waals surface area contributed by atoms with Crippen LogP contribution in [-0.4, -0.2) is 49.3 Å². The molecule has 2 heterocycles. The van der Waals surface area contributed by atoms with Gasteiger partial charge in [-0.3, -0.25) is 9.69 Å².